The van der Waals surface area contributed by atoms with Gasteiger partial charge in [0, 0.05) is 6.20 Å². The van der Waals surface area contributed by atoms with Gasteiger partial charge >= 0.3 is 12.3 Å². The fourth-order valence-corrected chi connectivity index (χ4v) is 1.69. The Hall–Kier alpha value is -2.38. The van der Waals surface area contributed by atoms with E-state index in [9.17, 15) is 18.0 Å². The molecule has 0 fully saturated rings. The van der Waals surface area contributed by atoms with Crippen LogP contribution in [0.3, 0.4) is 0 Å². The van der Waals surface area contributed by atoms with Crippen LogP contribution in [0.4, 0.5) is 18.0 Å². The number of halogens is 3. The van der Waals surface area contributed by atoms with Crippen molar-refractivity contribution in [3.63, 3.8) is 0 Å². The quantitative estimate of drug-likeness (QED) is 0.804. The molecule has 0 saturated carbocycles. The Morgan fingerprint density at radius 2 is 1.86 bits per heavy atom. The molecule has 0 spiro atoms. The Bertz CT molecular complexity index is 687. The second kappa shape index (κ2) is 5.43. The minimum Gasteiger partial charge on any atom is -0.442 e. The number of hydrogen-bond acceptors (Lipinski definition) is 4. The molecule has 0 saturated heterocycles. The molecule has 0 bridgehead atoms. The minimum absolute atomic E-state index is 0.0156. The number of pyridine rings is 1. The molecule has 8 heteroatoms. The molecule has 2 aromatic rings. The lowest BCUT2D eigenvalue weighted by atomic mass is 10.2. The topological polar surface area (TPSA) is 57.0 Å². The number of rotatable bonds is 1. The van der Waals surface area contributed by atoms with E-state index in [2.05, 4.69) is 10.1 Å². The molecule has 0 aliphatic rings. The molecule has 5 nitrogen and oxygen atoms in total. The predicted molar refractivity (Wildman–Crippen MR) is 72.1 cm³/mol. The van der Waals surface area contributed by atoms with E-state index in [0.29, 0.717) is 0 Å². The van der Waals surface area contributed by atoms with Crippen molar-refractivity contribution >= 4 is 6.09 Å². The molecule has 0 radical (unpaired) electrons. The first-order valence-electron chi connectivity index (χ1n) is 6.39. The summed E-state index contributed by atoms with van der Waals surface area (Å²) < 4.78 is 44.3. The van der Waals surface area contributed by atoms with E-state index in [1.807, 2.05) is 0 Å². The molecule has 2 aromatic heterocycles. The summed E-state index contributed by atoms with van der Waals surface area (Å²) in [7, 11) is 0. The van der Waals surface area contributed by atoms with Gasteiger partial charge in [0.15, 0.2) is 0 Å². The maximum Gasteiger partial charge on any atom is 0.435 e. The minimum atomic E-state index is -4.49. The fourth-order valence-electron chi connectivity index (χ4n) is 1.69. The van der Waals surface area contributed by atoms with Crippen molar-refractivity contribution in [1.29, 1.82) is 0 Å². The van der Waals surface area contributed by atoms with Gasteiger partial charge in [-0.2, -0.15) is 23.0 Å². The highest BCUT2D eigenvalue weighted by atomic mass is 19.4. The van der Waals surface area contributed by atoms with Gasteiger partial charge in [-0.15, -0.1) is 0 Å². The first kappa shape index (κ1) is 16.0. The predicted octanol–water partition coefficient (Wildman–Crippen LogP) is 3.75. The molecule has 2 rings (SSSR count). The Morgan fingerprint density at radius 3 is 2.45 bits per heavy atom. The van der Waals surface area contributed by atoms with Gasteiger partial charge in [-0.05, 0) is 39.0 Å². The van der Waals surface area contributed by atoms with Crippen LogP contribution in [0.15, 0.2) is 30.6 Å². The third-order valence-corrected chi connectivity index (χ3v) is 2.56. The van der Waals surface area contributed by atoms with E-state index in [-0.39, 0.29) is 11.4 Å². The lowest BCUT2D eigenvalue weighted by Gasteiger charge is -2.19. The molecule has 0 N–H and O–H groups in total. The summed E-state index contributed by atoms with van der Waals surface area (Å²) in [6, 6.07) is 3.11. The van der Waals surface area contributed by atoms with Gasteiger partial charge in [-0.3, -0.25) is 4.98 Å². The van der Waals surface area contributed by atoms with Crippen molar-refractivity contribution < 1.29 is 22.7 Å². The summed E-state index contributed by atoms with van der Waals surface area (Å²) in [6.45, 7) is 5.03. The molecule has 2 heterocycles. The second-order valence-corrected chi connectivity index (χ2v) is 5.54. The van der Waals surface area contributed by atoms with Crippen LogP contribution in [-0.2, 0) is 10.9 Å². The van der Waals surface area contributed by atoms with Crippen molar-refractivity contribution in [3.8, 4) is 11.4 Å². The van der Waals surface area contributed by atoms with Crippen LogP contribution in [0.25, 0.3) is 11.4 Å². The number of ether oxygens (including phenoxy) is 1. The van der Waals surface area contributed by atoms with Crippen LogP contribution >= 0.6 is 0 Å². The monoisotopic (exact) mass is 313 g/mol. The summed E-state index contributed by atoms with van der Waals surface area (Å²) in [5.74, 6) is 0. The first-order chi connectivity index (χ1) is 10.1. The number of carbonyl (C=O) groups is 1. The molecule has 118 valence electrons. The number of carbonyl (C=O) groups excluding carboxylic acids is 1. The van der Waals surface area contributed by atoms with Gasteiger partial charge in [-0.1, -0.05) is 0 Å². The zero-order chi connectivity index (χ0) is 16.5. The Morgan fingerprint density at radius 1 is 1.18 bits per heavy atom. The maximum atomic E-state index is 12.7. The van der Waals surface area contributed by atoms with Crippen molar-refractivity contribution in [2.24, 2.45) is 0 Å². The first-order valence-corrected chi connectivity index (χ1v) is 6.39. The molecular weight excluding hydrogens is 299 g/mol. The van der Waals surface area contributed by atoms with Gasteiger partial charge in [0.05, 0.1) is 23.1 Å². The Labute approximate surface area is 124 Å². The van der Waals surface area contributed by atoms with E-state index in [1.165, 1.54) is 12.3 Å². The van der Waals surface area contributed by atoms with Crippen molar-refractivity contribution in [2.45, 2.75) is 32.5 Å². The Kier molecular flexibility index (Phi) is 3.95. The largest absolute Gasteiger partial charge is 0.442 e. The average Bonchev–Trinajstić information content (AvgIpc) is 2.85. The van der Waals surface area contributed by atoms with Crippen LogP contribution < -0.4 is 0 Å². The average molecular weight is 313 g/mol. The smallest absolute Gasteiger partial charge is 0.435 e. The van der Waals surface area contributed by atoms with Gasteiger partial charge in [-0.25, -0.2) is 4.79 Å². The summed E-state index contributed by atoms with van der Waals surface area (Å²) in [6.07, 6.45) is -2.95. The lowest BCUT2D eigenvalue weighted by Crippen LogP contribution is -2.28. The fraction of sp³-hybridized carbons (Fsp3) is 0.357. The highest BCUT2D eigenvalue weighted by Crippen LogP contribution is 2.31. The third kappa shape index (κ3) is 3.63. The van der Waals surface area contributed by atoms with Crippen LogP contribution in [0.1, 0.15) is 26.3 Å². The normalized spacial score (nSPS) is 12.3. The summed E-state index contributed by atoms with van der Waals surface area (Å²) in [4.78, 5) is 15.9. The molecule has 0 amide bonds. The SMILES string of the molecule is CC(C)(C)OC(=O)n1nccc1-c1cc(C(F)(F)F)ccn1. The highest BCUT2D eigenvalue weighted by Gasteiger charge is 2.31. The third-order valence-electron chi connectivity index (χ3n) is 2.56. The zero-order valence-corrected chi connectivity index (χ0v) is 12.2. The Balaban J connectivity index is 2.40. The summed E-state index contributed by atoms with van der Waals surface area (Å²) >= 11 is 0. The molecule has 0 aliphatic heterocycles. The van der Waals surface area contributed by atoms with Crippen LogP contribution in [0.2, 0.25) is 0 Å². The maximum absolute atomic E-state index is 12.7. The van der Waals surface area contributed by atoms with Gasteiger partial charge in [0.2, 0.25) is 0 Å². The van der Waals surface area contributed by atoms with Crippen LogP contribution in [-0.4, -0.2) is 26.5 Å². The van der Waals surface area contributed by atoms with Crippen molar-refractivity contribution in [2.75, 3.05) is 0 Å². The molecule has 0 aromatic carbocycles. The van der Waals surface area contributed by atoms with Gasteiger partial charge in [0.25, 0.3) is 0 Å². The van der Waals surface area contributed by atoms with Gasteiger partial charge < -0.3 is 4.74 Å². The zero-order valence-electron chi connectivity index (χ0n) is 12.2. The van der Waals surface area contributed by atoms with Crippen LogP contribution in [0, 0.1) is 0 Å². The van der Waals surface area contributed by atoms with E-state index in [4.69, 9.17) is 4.74 Å². The molecular formula is C14H14F3N3O2. The molecule has 0 unspecified atom stereocenters. The molecule has 0 aliphatic carbocycles. The highest BCUT2D eigenvalue weighted by molar-refractivity contribution is 5.76. The number of hydrogen-bond donors (Lipinski definition) is 0. The van der Waals surface area contributed by atoms with Crippen LogP contribution in [0.5, 0.6) is 0 Å². The second-order valence-electron chi connectivity index (χ2n) is 5.54. The number of alkyl halides is 3. The van der Waals surface area contributed by atoms with E-state index < -0.39 is 23.4 Å². The van der Waals surface area contributed by atoms with E-state index in [1.54, 1.807) is 20.8 Å². The van der Waals surface area contributed by atoms with E-state index >= 15 is 0 Å². The molecule has 22 heavy (non-hydrogen) atoms. The lowest BCUT2D eigenvalue weighted by molar-refractivity contribution is -0.137. The number of aromatic nitrogens is 3. The number of nitrogens with zero attached hydrogens (tertiary/aromatic N) is 3. The van der Waals surface area contributed by atoms with Gasteiger partial charge in [0.1, 0.15) is 5.60 Å². The molecule has 0 atom stereocenters. The summed E-state index contributed by atoms with van der Waals surface area (Å²) in [5.41, 5.74) is -1.49. The summed E-state index contributed by atoms with van der Waals surface area (Å²) in [5, 5.41) is 3.79. The van der Waals surface area contributed by atoms with Crippen molar-refractivity contribution in [1.82, 2.24) is 14.8 Å². The standard InChI is InChI=1S/C14H14F3N3O2/c1-13(2,3)22-12(21)20-11(5-7-19-20)10-8-9(4-6-18-10)14(15,16)17/h4-8H,1-3H3. The van der Waals surface area contributed by atoms with Crippen molar-refractivity contribution in [3.05, 3.63) is 36.2 Å². The van der Waals surface area contributed by atoms with E-state index in [0.717, 1.165) is 23.0 Å².